The molecule has 0 aromatic heterocycles. The number of carbonyl (C=O) groups is 1. The largest absolute Gasteiger partial charge is 0.444 e. The number of hydrogen-bond acceptors (Lipinski definition) is 4. The second kappa shape index (κ2) is 6.76. The first-order valence-electron chi connectivity index (χ1n) is 7.48. The molecule has 0 aliphatic heterocycles. The molecule has 1 amide bonds. The zero-order valence-electron chi connectivity index (χ0n) is 13.7. The fraction of sp³-hybridized carbons (Fsp3) is 0.933. The van der Waals surface area contributed by atoms with E-state index in [4.69, 9.17) is 9.47 Å². The van der Waals surface area contributed by atoms with Gasteiger partial charge in [-0.2, -0.15) is 0 Å². The molecule has 0 unspecified atom stereocenters. The van der Waals surface area contributed by atoms with E-state index in [9.17, 15) is 4.79 Å². The van der Waals surface area contributed by atoms with Crippen molar-refractivity contribution >= 4 is 6.09 Å². The highest BCUT2D eigenvalue weighted by Crippen LogP contribution is 2.21. The first kappa shape index (κ1) is 17.2. The number of amides is 1. The summed E-state index contributed by atoms with van der Waals surface area (Å²) in [6, 6.07) is 0.673. The third kappa shape index (κ3) is 6.57. The van der Waals surface area contributed by atoms with Crippen molar-refractivity contribution in [1.82, 2.24) is 10.6 Å². The van der Waals surface area contributed by atoms with E-state index in [2.05, 4.69) is 24.5 Å². The highest BCUT2D eigenvalue weighted by Gasteiger charge is 2.32. The van der Waals surface area contributed by atoms with E-state index >= 15 is 0 Å². The first-order chi connectivity index (χ1) is 9.11. The van der Waals surface area contributed by atoms with E-state index in [0.717, 1.165) is 26.0 Å². The summed E-state index contributed by atoms with van der Waals surface area (Å²) in [6.07, 6.45) is 1.57. The second-order valence-electron chi connectivity index (χ2n) is 7.09. The van der Waals surface area contributed by atoms with Gasteiger partial charge in [-0.15, -0.1) is 0 Å². The molecule has 0 bridgehead atoms. The van der Waals surface area contributed by atoms with Crippen LogP contribution in [-0.4, -0.2) is 42.5 Å². The normalized spacial score (nSPS) is 23.1. The third-order valence-electron chi connectivity index (χ3n) is 3.21. The number of nitrogens with one attached hydrogen (secondary N) is 2. The molecule has 5 heteroatoms. The van der Waals surface area contributed by atoms with Gasteiger partial charge in [0.05, 0.1) is 5.60 Å². The van der Waals surface area contributed by atoms with Crippen molar-refractivity contribution in [3.8, 4) is 0 Å². The molecule has 0 saturated heterocycles. The molecule has 118 valence electrons. The molecule has 0 spiro atoms. The smallest absolute Gasteiger partial charge is 0.407 e. The third-order valence-corrected chi connectivity index (χ3v) is 3.21. The van der Waals surface area contributed by atoms with Gasteiger partial charge < -0.3 is 20.1 Å². The quantitative estimate of drug-likeness (QED) is 0.787. The van der Waals surface area contributed by atoms with Gasteiger partial charge in [0.2, 0.25) is 0 Å². The lowest BCUT2D eigenvalue weighted by atomic mass is 9.86. The van der Waals surface area contributed by atoms with Gasteiger partial charge in [0.1, 0.15) is 5.60 Å². The molecule has 1 rings (SSSR count). The molecule has 1 aliphatic rings. The minimum atomic E-state index is -0.438. The molecule has 1 aliphatic carbocycles. The minimum Gasteiger partial charge on any atom is -0.444 e. The van der Waals surface area contributed by atoms with Crippen molar-refractivity contribution in [2.45, 2.75) is 77.7 Å². The Balaban J connectivity index is 2.16. The number of alkyl carbamates (subject to hydrolysis) is 1. The predicted molar refractivity (Wildman–Crippen MR) is 79.9 cm³/mol. The van der Waals surface area contributed by atoms with Gasteiger partial charge in [-0.25, -0.2) is 4.79 Å². The van der Waals surface area contributed by atoms with Gasteiger partial charge in [-0.3, -0.25) is 0 Å². The Morgan fingerprint density at radius 3 is 2.25 bits per heavy atom. The van der Waals surface area contributed by atoms with Gasteiger partial charge in [0.15, 0.2) is 0 Å². The fourth-order valence-corrected chi connectivity index (χ4v) is 2.21. The Bertz CT molecular complexity index is 318. The highest BCUT2D eigenvalue weighted by atomic mass is 16.6. The zero-order valence-corrected chi connectivity index (χ0v) is 13.7. The van der Waals surface area contributed by atoms with Crippen molar-refractivity contribution in [3.63, 3.8) is 0 Å². The number of ether oxygens (including phenoxy) is 2. The van der Waals surface area contributed by atoms with E-state index in [1.54, 1.807) is 0 Å². The van der Waals surface area contributed by atoms with E-state index in [-0.39, 0.29) is 17.7 Å². The van der Waals surface area contributed by atoms with Crippen molar-refractivity contribution in [3.05, 3.63) is 0 Å². The van der Waals surface area contributed by atoms with Crippen LogP contribution in [0.2, 0.25) is 0 Å². The Morgan fingerprint density at radius 2 is 1.75 bits per heavy atom. The Kier molecular flexibility index (Phi) is 5.83. The Morgan fingerprint density at radius 1 is 1.15 bits per heavy atom. The van der Waals surface area contributed by atoms with E-state index in [1.807, 2.05) is 27.7 Å². The molecule has 1 saturated carbocycles. The lowest BCUT2D eigenvalue weighted by molar-refractivity contribution is -0.0134. The van der Waals surface area contributed by atoms with Crippen molar-refractivity contribution in [2.75, 3.05) is 13.2 Å². The molecule has 2 N–H and O–H groups in total. The van der Waals surface area contributed by atoms with Gasteiger partial charge in [0.25, 0.3) is 0 Å². The molecule has 0 aromatic rings. The van der Waals surface area contributed by atoms with Crippen molar-refractivity contribution in [1.29, 1.82) is 0 Å². The monoisotopic (exact) mass is 286 g/mol. The van der Waals surface area contributed by atoms with E-state index < -0.39 is 5.60 Å². The lowest BCUT2D eigenvalue weighted by Crippen LogP contribution is -2.55. The second-order valence-corrected chi connectivity index (χ2v) is 7.09. The lowest BCUT2D eigenvalue weighted by Gasteiger charge is -2.38. The summed E-state index contributed by atoms with van der Waals surface area (Å²) in [6.45, 7) is 13.3. The van der Waals surface area contributed by atoms with Crippen LogP contribution >= 0.6 is 0 Å². The number of hydrogen-bond donors (Lipinski definition) is 2. The van der Waals surface area contributed by atoms with Crippen LogP contribution in [0.3, 0.4) is 0 Å². The highest BCUT2D eigenvalue weighted by molar-refractivity contribution is 5.68. The van der Waals surface area contributed by atoms with Crippen LogP contribution in [0.15, 0.2) is 0 Å². The molecule has 0 atom stereocenters. The molecule has 20 heavy (non-hydrogen) atoms. The minimum absolute atomic E-state index is 0.140. The fourth-order valence-electron chi connectivity index (χ4n) is 2.21. The zero-order chi connectivity index (χ0) is 15.4. The summed E-state index contributed by atoms with van der Waals surface area (Å²) in [4.78, 5) is 11.6. The van der Waals surface area contributed by atoms with Crippen molar-refractivity contribution < 1.29 is 14.3 Å². The van der Waals surface area contributed by atoms with E-state index in [1.165, 1.54) is 0 Å². The van der Waals surface area contributed by atoms with Gasteiger partial charge >= 0.3 is 6.09 Å². The molecule has 0 heterocycles. The molecule has 0 aromatic carbocycles. The number of carbonyl (C=O) groups excluding carboxylic acids is 1. The van der Waals surface area contributed by atoms with Crippen LogP contribution < -0.4 is 10.6 Å². The summed E-state index contributed by atoms with van der Waals surface area (Å²) in [5.74, 6) is 0. The summed E-state index contributed by atoms with van der Waals surface area (Å²) in [5, 5.41) is 6.37. The summed E-state index contributed by atoms with van der Waals surface area (Å²) < 4.78 is 10.9. The Labute approximate surface area is 122 Å². The first-order valence-corrected chi connectivity index (χ1v) is 7.48. The molecular weight excluding hydrogens is 256 g/mol. The van der Waals surface area contributed by atoms with Gasteiger partial charge in [0, 0.05) is 25.2 Å². The predicted octanol–water partition coefficient (Wildman–Crippen LogP) is 2.45. The average molecular weight is 286 g/mol. The van der Waals surface area contributed by atoms with Crippen LogP contribution in [0, 0.1) is 0 Å². The van der Waals surface area contributed by atoms with E-state index in [0.29, 0.717) is 6.04 Å². The topological polar surface area (TPSA) is 59.6 Å². The van der Waals surface area contributed by atoms with Gasteiger partial charge in [-0.1, -0.05) is 0 Å². The van der Waals surface area contributed by atoms with Crippen LogP contribution in [0.5, 0.6) is 0 Å². The maximum absolute atomic E-state index is 11.6. The molecule has 0 radical (unpaired) electrons. The number of rotatable bonds is 6. The average Bonchev–Trinajstić information content (AvgIpc) is 2.18. The van der Waals surface area contributed by atoms with Crippen LogP contribution in [0.25, 0.3) is 0 Å². The molecular formula is C15H30N2O3. The Hall–Kier alpha value is -0.810. The van der Waals surface area contributed by atoms with Crippen molar-refractivity contribution in [2.24, 2.45) is 0 Å². The summed E-state index contributed by atoms with van der Waals surface area (Å²) in [5.41, 5.74) is -0.578. The molecule has 1 fully saturated rings. The van der Waals surface area contributed by atoms with Crippen LogP contribution in [0.1, 0.15) is 54.4 Å². The standard InChI is InChI=1S/C15H30N2O3/c1-7-19-15(5,6)10-16-11-8-12(9-11)17-13(18)20-14(2,3)4/h11-12,16H,7-10H2,1-6H3,(H,17,18). The molecule has 5 nitrogen and oxygen atoms in total. The summed E-state index contributed by atoms with van der Waals surface area (Å²) >= 11 is 0. The van der Waals surface area contributed by atoms with Crippen LogP contribution in [-0.2, 0) is 9.47 Å². The summed E-state index contributed by atoms with van der Waals surface area (Å²) in [7, 11) is 0. The SMILES string of the molecule is CCOC(C)(C)CNC1CC(NC(=O)OC(C)(C)C)C1. The van der Waals surface area contributed by atoms with Gasteiger partial charge in [-0.05, 0) is 54.4 Å². The maximum atomic E-state index is 11.6. The van der Waals surface area contributed by atoms with Crippen LogP contribution in [0.4, 0.5) is 4.79 Å². The maximum Gasteiger partial charge on any atom is 0.407 e.